The van der Waals surface area contributed by atoms with Gasteiger partial charge in [0, 0.05) is 13.2 Å². The number of alkyl carbamates (subject to hydrolysis) is 1. The molecule has 0 bridgehead atoms. The quantitative estimate of drug-likeness (QED) is 0.691. The SMILES string of the molecule is N#CCNC(=O)C(CC1CCCCC1)OC(=O)NCC1CCCO1. The largest absolute Gasteiger partial charge is 0.436 e. The number of carbonyl (C=O) groups excluding carboxylic acids is 2. The molecule has 0 spiro atoms. The van der Waals surface area contributed by atoms with Gasteiger partial charge in [-0.15, -0.1) is 0 Å². The molecule has 1 aliphatic heterocycles. The van der Waals surface area contributed by atoms with Crippen LogP contribution in [0.1, 0.15) is 51.4 Å². The van der Waals surface area contributed by atoms with Crippen LogP contribution in [0.3, 0.4) is 0 Å². The third kappa shape index (κ3) is 6.36. The molecule has 1 saturated carbocycles. The van der Waals surface area contributed by atoms with Gasteiger partial charge in [0.05, 0.1) is 12.2 Å². The Bertz CT molecular complexity index is 451. The molecule has 2 rings (SSSR count). The first kappa shape index (κ1) is 18.5. The van der Waals surface area contributed by atoms with Crippen molar-refractivity contribution in [3.63, 3.8) is 0 Å². The van der Waals surface area contributed by atoms with Gasteiger partial charge in [0.25, 0.3) is 5.91 Å². The number of nitriles is 1. The van der Waals surface area contributed by atoms with Crippen LogP contribution in [0.2, 0.25) is 0 Å². The predicted molar refractivity (Wildman–Crippen MR) is 87.1 cm³/mol. The Morgan fingerprint density at radius 2 is 1.96 bits per heavy atom. The molecule has 2 N–H and O–H groups in total. The number of carbonyl (C=O) groups is 2. The van der Waals surface area contributed by atoms with Crippen molar-refractivity contribution in [2.24, 2.45) is 5.92 Å². The summed E-state index contributed by atoms with van der Waals surface area (Å²) >= 11 is 0. The average molecular weight is 337 g/mol. The van der Waals surface area contributed by atoms with Crippen molar-refractivity contribution >= 4 is 12.0 Å². The smallest absolute Gasteiger partial charge is 0.408 e. The van der Waals surface area contributed by atoms with Crippen LogP contribution in [0.15, 0.2) is 0 Å². The zero-order chi connectivity index (χ0) is 17.2. The minimum absolute atomic E-state index is 0.0294. The highest BCUT2D eigenvalue weighted by Crippen LogP contribution is 2.28. The fourth-order valence-electron chi connectivity index (χ4n) is 3.35. The van der Waals surface area contributed by atoms with Crippen molar-refractivity contribution in [3.8, 4) is 6.07 Å². The zero-order valence-corrected chi connectivity index (χ0v) is 14.1. The first-order chi connectivity index (χ1) is 11.7. The average Bonchev–Trinajstić information content (AvgIpc) is 3.12. The Hall–Kier alpha value is -1.81. The topological polar surface area (TPSA) is 100 Å². The summed E-state index contributed by atoms with van der Waals surface area (Å²) in [6.07, 6.45) is 6.69. The van der Waals surface area contributed by atoms with Gasteiger partial charge in [-0.25, -0.2) is 4.79 Å². The Labute approximate surface area is 143 Å². The molecule has 2 atom stereocenters. The Kier molecular flexibility index (Phi) is 7.83. The second-order valence-corrected chi connectivity index (χ2v) is 6.53. The summed E-state index contributed by atoms with van der Waals surface area (Å²) in [6, 6.07) is 1.87. The van der Waals surface area contributed by atoms with Crippen molar-refractivity contribution in [2.75, 3.05) is 19.7 Å². The van der Waals surface area contributed by atoms with Crippen LogP contribution in [0.4, 0.5) is 4.79 Å². The van der Waals surface area contributed by atoms with E-state index in [-0.39, 0.29) is 12.6 Å². The normalized spacial score (nSPS) is 22.4. The molecule has 24 heavy (non-hydrogen) atoms. The molecular formula is C17H27N3O4. The van der Waals surface area contributed by atoms with Crippen LogP contribution >= 0.6 is 0 Å². The molecule has 0 aromatic heterocycles. The molecule has 134 valence electrons. The highest BCUT2D eigenvalue weighted by Gasteiger charge is 2.28. The van der Waals surface area contributed by atoms with Crippen molar-refractivity contribution in [3.05, 3.63) is 0 Å². The summed E-state index contributed by atoms with van der Waals surface area (Å²) in [4.78, 5) is 24.2. The van der Waals surface area contributed by atoms with Crippen LogP contribution in [0.5, 0.6) is 0 Å². The standard InChI is InChI=1S/C17H27N3O4/c18-8-9-19-16(21)15(11-13-5-2-1-3-6-13)24-17(22)20-12-14-7-4-10-23-14/h13-15H,1-7,9-12H2,(H,19,21)(H,20,22). The van der Waals surface area contributed by atoms with Crippen LogP contribution in [-0.2, 0) is 14.3 Å². The van der Waals surface area contributed by atoms with E-state index in [1.165, 1.54) is 6.42 Å². The maximum Gasteiger partial charge on any atom is 0.408 e. The molecule has 1 heterocycles. The zero-order valence-electron chi connectivity index (χ0n) is 14.1. The van der Waals surface area contributed by atoms with E-state index in [2.05, 4.69) is 10.6 Å². The predicted octanol–water partition coefficient (Wildman–Crippen LogP) is 1.87. The number of hydrogen-bond donors (Lipinski definition) is 2. The summed E-state index contributed by atoms with van der Waals surface area (Å²) < 4.78 is 10.8. The second-order valence-electron chi connectivity index (χ2n) is 6.53. The number of hydrogen-bond acceptors (Lipinski definition) is 5. The van der Waals surface area contributed by atoms with E-state index in [4.69, 9.17) is 14.7 Å². The lowest BCUT2D eigenvalue weighted by atomic mass is 9.85. The van der Waals surface area contributed by atoms with Crippen LogP contribution < -0.4 is 10.6 Å². The maximum atomic E-state index is 12.2. The van der Waals surface area contributed by atoms with Gasteiger partial charge < -0.3 is 20.1 Å². The molecule has 1 saturated heterocycles. The van der Waals surface area contributed by atoms with E-state index >= 15 is 0 Å². The van der Waals surface area contributed by atoms with Crippen molar-refractivity contribution in [2.45, 2.75) is 63.6 Å². The van der Waals surface area contributed by atoms with E-state index in [9.17, 15) is 9.59 Å². The van der Waals surface area contributed by atoms with Crippen LogP contribution in [0.25, 0.3) is 0 Å². The summed E-state index contributed by atoms with van der Waals surface area (Å²) in [5, 5.41) is 13.8. The first-order valence-corrected chi connectivity index (χ1v) is 8.89. The van der Waals surface area contributed by atoms with Crippen molar-refractivity contribution in [1.29, 1.82) is 5.26 Å². The second kappa shape index (κ2) is 10.1. The summed E-state index contributed by atoms with van der Waals surface area (Å²) in [7, 11) is 0. The fourth-order valence-corrected chi connectivity index (χ4v) is 3.35. The number of amides is 2. The lowest BCUT2D eigenvalue weighted by Crippen LogP contribution is -2.42. The van der Waals surface area contributed by atoms with Gasteiger partial charge in [0.15, 0.2) is 6.10 Å². The maximum absolute atomic E-state index is 12.2. The Balaban J connectivity index is 1.82. The highest BCUT2D eigenvalue weighted by molar-refractivity contribution is 5.83. The number of nitrogens with one attached hydrogen (secondary N) is 2. The molecule has 2 amide bonds. The van der Waals surface area contributed by atoms with E-state index in [1.807, 2.05) is 6.07 Å². The minimum atomic E-state index is -0.842. The van der Waals surface area contributed by atoms with Crippen molar-refractivity contribution in [1.82, 2.24) is 10.6 Å². The lowest BCUT2D eigenvalue weighted by Gasteiger charge is -2.26. The molecule has 2 aliphatic rings. The van der Waals surface area contributed by atoms with E-state index in [1.54, 1.807) is 0 Å². The Morgan fingerprint density at radius 1 is 1.17 bits per heavy atom. The first-order valence-electron chi connectivity index (χ1n) is 8.89. The summed E-state index contributed by atoms with van der Waals surface area (Å²) in [6.45, 7) is 1.04. The van der Waals surface area contributed by atoms with Gasteiger partial charge in [-0.1, -0.05) is 32.1 Å². The van der Waals surface area contributed by atoms with E-state index < -0.39 is 18.1 Å². The number of ether oxygens (including phenoxy) is 2. The number of rotatable bonds is 7. The molecule has 7 heteroatoms. The van der Waals surface area contributed by atoms with Gasteiger partial charge in [0.1, 0.15) is 6.54 Å². The van der Waals surface area contributed by atoms with Gasteiger partial charge in [0.2, 0.25) is 0 Å². The van der Waals surface area contributed by atoms with E-state index in [0.29, 0.717) is 18.9 Å². The monoisotopic (exact) mass is 337 g/mol. The lowest BCUT2D eigenvalue weighted by molar-refractivity contribution is -0.130. The number of nitrogens with zero attached hydrogens (tertiary/aromatic N) is 1. The Morgan fingerprint density at radius 3 is 2.62 bits per heavy atom. The van der Waals surface area contributed by atoms with Crippen molar-refractivity contribution < 1.29 is 19.1 Å². The van der Waals surface area contributed by atoms with Crippen LogP contribution in [0, 0.1) is 17.2 Å². The molecule has 2 unspecified atom stereocenters. The molecule has 2 fully saturated rings. The molecule has 0 aromatic rings. The van der Waals surface area contributed by atoms with Crippen LogP contribution in [-0.4, -0.2) is 43.9 Å². The molecule has 1 aliphatic carbocycles. The van der Waals surface area contributed by atoms with Gasteiger partial charge in [-0.05, 0) is 25.2 Å². The third-order valence-corrected chi connectivity index (χ3v) is 4.65. The van der Waals surface area contributed by atoms with Gasteiger partial charge in [-0.3, -0.25) is 4.79 Å². The fraction of sp³-hybridized carbons (Fsp3) is 0.824. The third-order valence-electron chi connectivity index (χ3n) is 4.65. The highest BCUT2D eigenvalue weighted by atomic mass is 16.6. The molecule has 0 aromatic carbocycles. The minimum Gasteiger partial charge on any atom is -0.436 e. The summed E-state index contributed by atoms with van der Waals surface area (Å²) in [5.74, 6) is -0.00283. The molecule has 7 nitrogen and oxygen atoms in total. The van der Waals surface area contributed by atoms with E-state index in [0.717, 1.165) is 45.1 Å². The van der Waals surface area contributed by atoms with Gasteiger partial charge in [-0.2, -0.15) is 5.26 Å². The van der Waals surface area contributed by atoms with Gasteiger partial charge >= 0.3 is 6.09 Å². The molecule has 0 radical (unpaired) electrons. The molecular weight excluding hydrogens is 310 g/mol. The summed E-state index contributed by atoms with van der Waals surface area (Å²) in [5.41, 5.74) is 0.